The number of halogens is 2. The van der Waals surface area contributed by atoms with Crippen LogP contribution in [-0.2, 0) is 4.74 Å². The Bertz CT molecular complexity index is 652. The first-order valence-corrected chi connectivity index (χ1v) is 6.63. The molecule has 0 amide bonds. The van der Waals surface area contributed by atoms with E-state index in [0.717, 1.165) is 5.56 Å². The summed E-state index contributed by atoms with van der Waals surface area (Å²) in [5.41, 5.74) is 0.710. The molecule has 21 heavy (non-hydrogen) atoms. The van der Waals surface area contributed by atoms with Gasteiger partial charge in [-0.2, -0.15) is 5.26 Å². The summed E-state index contributed by atoms with van der Waals surface area (Å²) in [6.07, 6.45) is -0.457. The Morgan fingerprint density at radius 2 is 1.95 bits per heavy atom. The van der Waals surface area contributed by atoms with Crippen LogP contribution in [0.2, 0.25) is 5.02 Å². The van der Waals surface area contributed by atoms with E-state index >= 15 is 0 Å². The first-order chi connectivity index (χ1) is 10.2. The number of nitrogens with zero attached hydrogens (tertiary/aromatic N) is 1. The quantitative estimate of drug-likeness (QED) is 0.834. The van der Waals surface area contributed by atoms with Crippen LogP contribution in [0.1, 0.15) is 17.2 Å². The van der Waals surface area contributed by atoms with Gasteiger partial charge in [0.1, 0.15) is 29.3 Å². The van der Waals surface area contributed by atoms with E-state index in [4.69, 9.17) is 26.3 Å². The highest BCUT2D eigenvalue weighted by molar-refractivity contribution is 6.30. The summed E-state index contributed by atoms with van der Waals surface area (Å²) in [5.74, 6) is -0.420. The molecule has 5 heteroatoms. The number of rotatable bonds is 5. The van der Waals surface area contributed by atoms with E-state index in [0.29, 0.717) is 5.02 Å². The molecule has 0 aliphatic rings. The predicted molar refractivity (Wildman–Crippen MR) is 77.8 cm³/mol. The van der Waals surface area contributed by atoms with Crippen LogP contribution in [0, 0.1) is 17.1 Å². The van der Waals surface area contributed by atoms with Crippen molar-refractivity contribution in [1.82, 2.24) is 0 Å². The molecule has 0 saturated heterocycles. The molecule has 0 radical (unpaired) electrons. The third-order valence-electron chi connectivity index (χ3n) is 2.92. The van der Waals surface area contributed by atoms with E-state index in [1.54, 1.807) is 37.4 Å². The van der Waals surface area contributed by atoms with E-state index in [2.05, 4.69) is 0 Å². The molecule has 0 saturated carbocycles. The molecule has 0 bridgehead atoms. The molecule has 1 atom stereocenters. The highest BCUT2D eigenvalue weighted by Crippen LogP contribution is 2.27. The molecule has 0 fully saturated rings. The molecule has 1 unspecified atom stereocenters. The zero-order chi connectivity index (χ0) is 15.2. The van der Waals surface area contributed by atoms with Crippen LogP contribution in [0.15, 0.2) is 42.5 Å². The Balaban J connectivity index is 2.31. The fourth-order valence-electron chi connectivity index (χ4n) is 1.89. The normalized spacial score (nSPS) is 11.7. The molecule has 2 aromatic rings. The Labute approximate surface area is 127 Å². The second-order valence-electron chi connectivity index (χ2n) is 4.34. The predicted octanol–water partition coefficient (Wildman–Crippen LogP) is 4.12. The van der Waals surface area contributed by atoms with Gasteiger partial charge in [-0.15, -0.1) is 0 Å². The third kappa shape index (κ3) is 3.72. The zero-order valence-electron chi connectivity index (χ0n) is 11.3. The summed E-state index contributed by atoms with van der Waals surface area (Å²) < 4.78 is 24.5. The van der Waals surface area contributed by atoms with Gasteiger partial charge >= 0.3 is 0 Å². The molecular formula is C16H13ClFNO2. The van der Waals surface area contributed by atoms with Crippen LogP contribution < -0.4 is 4.74 Å². The van der Waals surface area contributed by atoms with Crippen LogP contribution in [0.3, 0.4) is 0 Å². The molecule has 0 spiro atoms. The summed E-state index contributed by atoms with van der Waals surface area (Å²) in [4.78, 5) is 0. The lowest BCUT2D eigenvalue weighted by molar-refractivity contribution is 0.0805. The summed E-state index contributed by atoms with van der Waals surface area (Å²) >= 11 is 5.86. The van der Waals surface area contributed by atoms with Gasteiger partial charge in [0.05, 0.1) is 6.61 Å². The Hall–Kier alpha value is -2.09. The SMILES string of the molecule is COCC(Oc1cccc(F)c1C#N)c1ccc(Cl)cc1. The number of methoxy groups -OCH3 is 1. The van der Waals surface area contributed by atoms with Gasteiger partial charge in [0.15, 0.2) is 0 Å². The lowest BCUT2D eigenvalue weighted by Crippen LogP contribution is -2.14. The van der Waals surface area contributed by atoms with Gasteiger partial charge in [-0.05, 0) is 29.8 Å². The second kappa shape index (κ2) is 7.07. The van der Waals surface area contributed by atoms with Crippen molar-refractivity contribution in [3.63, 3.8) is 0 Å². The standard InChI is InChI=1S/C16H13ClFNO2/c1-20-10-16(11-5-7-12(17)8-6-11)21-15-4-2-3-14(18)13(15)9-19/h2-8,16H,10H2,1H3. The molecule has 0 aliphatic heterocycles. The average molecular weight is 306 g/mol. The number of ether oxygens (including phenoxy) is 2. The van der Waals surface area contributed by atoms with E-state index in [9.17, 15) is 4.39 Å². The maximum Gasteiger partial charge on any atom is 0.147 e. The minimum Gasteiger partial charge on any atom is -0.482 e. The van der Waals surface area contributed by atoms with Gasteiger partial charge in [0, 0.05) is 12.1 Å². The highest BCUT2D eigenvalue weighted by atomic mass is 35.5. The topological polar surface area (TPSA) is 42.2 Å². The van der Waals surface area contributed by atoms with Crippen molar-refractivity contribution in [2.75, 3.05) is 13.7 Å². The summed E-state index contributed by atoms with van der Waals surface area (Å²) in [5, 5.41) is 9.64. The van der Waals surface area contributed by atoms with Crippen LogP contribution in [0.4, 0.5) is 4.39 Å². The Kier molecular flexibility index (Phi) is 5.15. The third-order valence-corrected chi connectivity index (χ3v) is 3.17. The largest absolute Gasteiger partial charge is 0.482 e. The minimum atomic E-state index is -0.609. The van der Waals surface area contributed by atoms with Crippen molar-refractivity contribution in [2.24, 2.45) is 0 Å². The molecule has 2 rings (SSSR count). The second-order valence-corrected chi connectivity index (χ2v) is 4.77. The van der Waals surface area contributed by atoms with E-state index in [-0.39, 0.29) is 17.9 Å². The summed E-state index contributed by atoms with van der Waals surface area (Å²) in [6.45, 7) is 0.267. The van der Waals surface area contributed by atoms with Gasteiger partial charge in [-0.3, -0.25) is 0 Å². The van der Waals surface area contributed by atoms with Crippen molar-refractivity contribution in [1.29, 1.82) is 5.26 Å². The van der Waals surface area contributed by atoms with Crippen molar-refractivity contribution in [3.8, 4) is 11.8 Å². The van der Waals surface area contributed by atoms with Gasteiger partial charge < -0.3 is 9.47 Å². The van der Waals surface area contributed by atoms with E-state index in [1.807, 2.05) is 6.07 Å². The van der Waals surface area contributed by atoms with Gasteiger partial charge in [0.2, 0.25) is 0 Å². The molecule has 0 heterocycles. The van der Waals surface area contributed by atoms with Crippen molar-refractivity contribution < 1.29 is 13.9 Å². The first-order valence-electron chi connectivity index (χ1n) is 6.25. The minimum absolute atomic E-state index is 0.118. The van der Waals surface area contributed by atoms with Gasteiger partial charge in [-0.1, -0.05) is 29.8 Å². The zero-order valence-corrected chi connectivity index (χ0v) is 12.1. The molecule has 108 valence electrons. The van der Waals surface area contributed by atoms with Crippen LogP contribution in [0.25, 0.3) is 0 Å². The molecule has 0 aliphatic carbocycles. The van der Waals surface area contributed by atoms with Gasteiger partial charge in [-0.25, -0.2) is 4.39 Å². The molecule has 3 nitrogen and oxygen atoms in total. The average Bonchev–Trinajstić information content (AvgIpc) is 2.48. The molecule has 0 N–H and O–H groups in total. The van der Waals surface area contributed by atoms with E-state index in [1.165, 1.54) is 12.1 Å². The summed E-state index contributed by atoms with van der Waals surface area (Å²) in [7, 11) is 1.54. The maximum absolute atomic E-state index is 13.6. The molecular weight excluding hydrogens is 293 g/mol. The van der Waals surface area contributed by atoms with Crippen LogP contribution >= 0.6 is 11.6 Å². The number of hydrogen-bond donors (Lipinski definition) is 0. The number of hydrogen-bond acceptors (Lipinski definition) is 3. The Morgan fingerprint density at radius 3 is 2.57 bits per heavy atom. The number of benzene rings is 2. The lowest BCUT2D eigenvalue weighted by atomic mass is 10.1. The Morgan fingerprint density at radius 1 is 1.24 bits per heavy atom. The monoisotopic (exact) mass is 305 g/mol. The molecule has 2 aromatic carbocycles. The van der Waals surface area contributed by atoms with E-state index < -0.39 is 11.9 Å². The summed E-state index contributed by atoms with van der Waals surface area (Å²) in [6, 6.07) is 13.2. The van der Waals surface area contributed by atoms with Crippen molar-refractivity contribution >= 4 is 11.6 Å². The van der Waals surface area contributed by atoms with Crippen LogP contribution in [0.5, 0.6) is 5.75 Å². The maximum atomic E-state index is 13.6. The first kappa shape index (κ1) is 15.3. The van der Waals surface area contributed by atoms with Crippen LogP contribution in [-0.4, -0.2) is 13.7 Å². The van der Waals surface area contributed by atoms with Crippen molar-refractivity contribution in [2.45, 2.75) is 6.10 Å². The fourth-order valence-corrected chi connectivity index (χ4v) is 2.02. The highest BCUT2D eigenvalue weighted by Gasteiger charge is 2.17. The molecule has 0 aromatic heterocycles. The van der Waals surface area contributed by atoms with Gasteiger partial charge in [0.25, 0.3) is 0 Å². The van der Waals surface area contributed by atoms with Crippen molar-refractivity contribution in [3.05, 3.63) is 64.4 Å². The fraction of sp³-hybridized carbons (Fsp3) is 0.188. The lowest BCUT2D eigenvalue weighted by Gasteiger charge is -2.19. The smallest absolute Gasteiger partial charge is 0.147 e. The number of nitriles is 1.